The third-order valence-electron chi connectivity index (χ3n) is 2.77. The molecule has 0 aliphatic rings. The number of nitrogens with two attached hydrogens (primary N) is 1. The number of rotatable bonds is 4. The lowest BCUT2D eigenvalue weighted by atomic mass is 10.1. The van der Waals surface area contributed by atoms with Crippen LogP contribution in [0.5, 0.6) is 0 Å². The van der Waals surface area contributed by atoms with Crippen molar-refractivity contribution in [1.82, 2.24) is 10.3 Å². The number of hydrogen-bond donors (Lipinski definition) is 2. The van der Waals surface area contributed by atoms with Crippen molar-refractivity contribution < 1.29 is 9.21 Å². The molecule has 0 aliphatic heterocycles. The highest BCUT2D eigenvalue weighted by atomic mass is 16.3. The first-order valence-corrected chi connectivity index (χ1v) is 5.95. The lowest BCUT2D eigenvalue weighted by molar-refractivity contribution is 0.0948. The normalized spacial score (nSPS) is 12.6. The quantitative estimate of drug-likeness (QED) is 0.857. The van der Waals surface area contributed by atoms with Gasteiger partial charge in [-0.2, -0.15) is 0 Å². The Morgan fingerprint density at radius 2 is 2.33 bits per heavy atom. The third kappa shape index (κ3) is 2.68. The number of oxazole rings is 1. The van der Waals surface area contributed by atoms with Crippen LogP contribution in [0.15, 0.2) is 22.6 Å². The SMILES string of the molecule is Cc1nc2cc(C(=O)NCC(C)CN)ccc2o1. The first kappa shape index (κ1) is 12.6. The Balaban J connectivity index is 2.12. The smallest absolute Gasteiger partial charge is 0.251 e. The fraction of sp³-hybridized carbons (Fsp3) is 0.385. The zero-order chi connectivity index (χ0) is 13.1. The maximum absolute atomic E-state index is 11.9. The molecule has 1 atom stereocenters. The topological polar surface area (TPSA) is 81.2 Å². The first-order valence-electron chi connectivity index (χ1n) is 5.95. The van der Waals surface area contributed by atoms with Crippen LogP contribution in [0.2, 0.25) is 0 Å². The molecule has 0 saturated carbocycles. The molecular weight excluding hydrogens is 230 g/mol. The number of nitrogens with zero attached hydrogens (tertiary/aromatic N) is 1. The Hall–Kier alpha value is -1.88. The molecule has 2 rings (SSSR count). The molecule has 1 aromatic heterocycles. The van der Waals surface area contributed by atoms with Crippen molar-refractivity contribution in [2.45, 2.75) is 13.8 Å². The maximum Gasteiger partial charge on any atom is 0.251 e. The van der Waals surface area contributed by atoms with E-state index in [1.54, 1.807) is 25.1 Å². The number of aryl methyl sites for hydroxylation is 1. The zero-order valence-electron chi connectivity index (χ0n) is 10.6. The number of nitrogens with one attached hydrogen (secondary N) is 1. The van der Waals surface area contributed by atoms with Gasteiger partial charge in [0.2, 0.25) is 0 Å². The Bertz CT molecular complexity index is 562. The highest BCUT2D eigenvalue weighted by molar-refractivity contribution is 5.97. The lowest BCUT2D eigenvalue weighted by Gasteiger charge is -2.09. The molecule has 0 spiro atoms. The van der Waals surface area contributed by atoms with Gasteiger partial charge in [0, 0.05) is 19.0 Å². The highest BCUT2D eigenvalue weighted by Gasteiger charge is 2.10. The molecule has 3 N–H and O–H groups in total. The second-order valence-corrected chi connectivity index (χ2v) is 4.47. The van der Waals surface area contributed by atoms with Crippen molar-refractivity contribution in [2.24, 2.45) is 11.7 Å². The van der Waals surface area contributed by atoms with Crippen molar-refractivity contribution in [3.8, 4) is 0 Å². The number of hydrogen-bond acceptors (Lipinski definition) is 4. The van der Waals surface area contributed by atoms with E-state index >= 15 is 0 Å². The number of carbonyl (C=O) groups excluding carboxylic acids is 1. The fourth-order valence-corrected chi connectivity index (χ4v) is 1.64. The molecule has 0 bridgehead atoms. The Morgan fingerprint density at radius 1 is 1.56 bits per heavy atom. The number of fused-ring (bicyclic) bond motifs is 1. The Labute approximate surface area is 105 Å². The summed E-state index contributed by atoms with van der Waals surface area (Å²) in [5.74, 6) is 0.754. The average molecular weight is 247 g/mol. The van der Waals surface area contributed by atoms with Crippen LogP contribution in [0.1, 0.15) is 23.2 Å². The second-order valence-electron chi connectivity index (χ2n) is 4.47. The van der Waals surface area contributed by atoms with E-state index in [0.717, 1.165) is 0 Å². The fourth-order valence-electron chi connectivity index (χ4n) is 1.64. The standard InChI is InChI=1S/C13H17N3O2/c1-8(6-14)7-15-13(17)10-3-4-12-11(5-10)16-9(2)18-12/h3-5,8H,6-7,14H2,1-2H3,(H,15,17). The van der Waals surface area contributed by atoms with E-state index in [2.05, 4.69) is 10.3 Å². The van der Waals surface area contributed by atoms with Crippen molar-refractivity contribution in [1.29, 1.82) is 0 Å². The van der Waals surface area contributed by atoms with Crippen molar-refractivity contribution >= 4 is 17.0 Å². The van der Waals surface area contributed by atoms with E-state index in [1.165, 1.54) is 0 Å². The van der Waals surface area contributed by atoms with Crippen LogP contribution in [0.4, 0.5) is 0 Å². The van der Waals surface area contributed by atoms with E-state index in [9.17, 15) is 4.79 Å². The molecule has 1 unspecified atom stereocenters. The number of amides is 1. The van der Waals surface area contributed by atoms with E-state index in [4.69, 9.17) is 10.2 Å². The predicted molar refractivity (Wildman–Crippen MR) is 69.3 cm³/mol. The minimum absolute atomic E-state index is 0.113. The van der Waals surface area contributed by atoms with E-state index in [1.807, 2.05) is 6.92 Å². The number of benzene rings is 1. The van der Waals surface area contributed by atoms with Gasteiger partial charge in [-0.3, -0.25) is 4.79 Å². The summed E-state index contributed by atoms with van der Waals surface area (Å²) in [4.78, 5) is 16.1. The predicted octanol–water partition coefficient (Wildman–Crippen LogP) is 1.46. The summed E-state index contributed by atoms with van der Waals surface area (Å²) < 4.78 is 5.36. The van der Waals surface area contributed by atoms with E-state index in [0.29, 0.717) is 35.6 Å². The second kappa shape index (κ2) is 5.18. The average Bonchev–Trinajstić information content (AvgIpc) is 2.74. The molecule has 5 heteroatoms. The van der Waals surface area contributed by atoms with Gasteiger partial charge in [0.15, 0.2) is 11.5 Å². The Morgan fingerprint density at radius 3 is 3.06 bits per heavy atom. The van der Waals surface area contributed by atoms with Gasteiger partial charge in [0.1, 0.15) is 5.52 Å². The monoisotopic (exact) mass is 247 g/mol. The van der Waals surface area contributed by atoms with Gasteiger partial charge < -0.3 is 15.5 Å². The van der Waals surface area contributed by atoms with E-state index < -0.39 is 0 Å². The molecule has 18 heavy (non-hydrogen) atoms. The molecule has 5 nitrogen and oxygen atoms in total. The highest BCUT2D eigenvalue weighted by Crippen LogP contribution is 2.16. The summed E-state index contributed by atoms with van der Waals surface area (Å²) in [6, 6.07) is 5.22. The van der Waals surface area contributed by atoms with Gasteiger partial charge in [0.25, 0.3) is 5.91 Å². The van der Waals surface area contributed by atoms with Crippen molar-refractivity contribution in [3.63, 3.8) is 0 Å². The van der Waals surface area contributed by atoms with Crippen LogP contribution in [0.25, 0.3) is 11.1 Å². The zero-order valence-corrected chi connectivity index (χ0v) is 10.6. The molecule has 1 aromatic carbocycles. The minimum atomic E-state index is -0.113. The molecular formula is C13H17N3O2. The van der Waals surface area contributed by atoms with Crippen LogP contribution in [0.3, 0.4) is 0 Å². The lowest BCUT2D eigenvalue weighted by Crippen LogP contribution is -2.31. The van der Waals surface area contributed by atoms with Gasteiger partial charge in [-0.1, -0.05) is 6.92 Å². The minimum Gasteiger partial charge on any atom is -0.441 e. The van der Waals surface area contributed by atoms with Gasteiger partial charge in [0.05, 0.1) is 0 Å². The molecule has 0 aliphatic carbocycles. The Kier molecular flexibility index (Phi) is 3.62. The maximum atomic E-state index is 11.9. The van der Waals surface area contributed by atoms with Crippen LogP contribution in [-0.4, -0.2) is 24.0 Å². The third-order valence-corrected chi connectivity index (χ3v) is 2.77. The van der Waals surface area contributed by atoms with Crippen LogP contribution in [0, 0.1) is 12.8 Å². The molecule has 2 aromatic rings. The van der Waals surface area contributed by atoms with Gasteiger partial charge in [-0.15, -0.1) is 0 Å². The summed E-state index contributed by atoms with van der Waals surface area (Å²) in [7, 11) is 0. The summed E-state index contributed by atoms with van der Waals surface area (Å²) in [5, 5.41) is 2.84. The number of carbonyl (C=O) groups is 1. The van der Waals surface area contributed by atoms with Gasteiger partial charge in [-0.25, -0.2) is 4.98 Å². The molecule has 0 saturated heterocycles. The van der Waals surface area contributed by atoms with Gasteiger partial charge >= 0.3 is 0 Å². The molecule has 1 heterocycles. The molecule has 0 fully saturated rings. The van der Waals surface area contributed by atoms with Crippen LogP contribution < -0.4 is 11.1 Å². The largest absolute Gasteiger partial charge is 0.441 e. The summed E-state index contributed by atoms with van der Waals surface area (Å²) in [6.45, 7) is 4.90. The van der Waals surface area contributed by atoms with Gasteiger partial charge in [-0.05, 0) is 30.7 Å². The van der Waals surface area contributed by atoms with E-state index in [-0.39, 0.29) is 11.8 Å². The van der Waals surface area contributed by atoms with Crippen LogP contribution in [-0.2, 0) is 0 Å². The van der Waals surface area contributed by atoms with Crippen molar-refractivity contribution in [3.05, 3.63) is 29.7 Å². The molecule has 96 valence electrons. The molecule has 1 amide bonds. The summed E-state index contributed by atoms with van der Waals surface area (Å²) in [6.07, 6.45) is 0. The summed E-state index contributed by atoms with van der Waals surface area (Å²) >= 11 is 0. The van der Waals surface area contributed by atoms with Crippen molar-refractivity contribution in [2.75, 3.05) is 13.1 Å². The number of aromatic nitrogens is 1. The molecule has 0 radical (unpaired) electrons. The van der Waals surface area contributed by atoms with Crippen LogP contribution >= 0.6 is 0 Å². The summed E-state index contributed by atoms with van der Waals surface area (Å²) in [5.41, 5.74) is 7.48. The first-order chi connectivity index (χ1) is 8.60.